The van der Waals surface area contributed by atoms with Crippen LogP contribution in [-0.2, 0) is 6.54 Å². The molecule has 0 spiro atoms. The fourth-order valence-electron chi connectivity index (χ4n) is 2.74. The lowest BCUT2D eigenvalue weighted by Gasteiger charge is -2.35. The molecule has 1 fully saturated rings. The van der Waals surface area contributed by atoms with Gasteiger partial charge in [-0.3, -0.25) is 0 Å². The lowest BCUT2D eigenvalue weighted by Crippen LogP contribution is -2.36. The van der Waals surface area contributed by atoms with Gasteiger partial charge in [0.05, 0.1) is 0 Å². The number of hydrogen-bond donors (Lipinski definition) is 1. The van der Waals surface area contributed by atoms with Gasteiger partial charge >= 0.3 is 0 Å². The Morgan fingerprint density at radius 1 is 1.29 bits per heavy atom. The van der Waals surface area contributed by atoms with E-state index in [1.165, 1.54) is 31.2 Å². The highest BCUT2D eigenvalue weighted by molar-refractivity contribution is 9.10. The number of rotatable bonds is 3. The number of hydrogen-bond acceptors (Lipinski definition) is 1. The van der Waals surface area contributed by atoms with Gasteiger partial charge in [-0.25, -0.2) is 0 Å². The van der Waals surface area contributed by atoms with Gasteiger partial charge in [0, 0.05) is 17.1 Å². The molecule has 1 atom stereocenters. The molecule has 1 aliphatic carbocycles. The molecule has 0 saturated heterocycles. The lowest BCUT2D eigenvalue weighted by atomic mass is 9.75. The molecule has 1 aromatic rings. The molecule has 2 heteroatoms. The molecule has 1 saturated carbocycles. The van der Waals surface area contributed by atoms with Gasteiger partial charge < -0.3 is 5.32 Å². The molecule has 0 aromatic heterocycles. The molecular formula is C15H22BrN. The molecule has 1 N–H and O–H groups in total. The lowest BCUT2D eigenvalue weighted by molar-refractivity contribution is 0.198. The van der Waals surface area contributed by atoms with E-state index < -0.39 is 0 Å². The second-order valence-electron chi connectivity index (χ2n) is 5.96. The van der Waals surface area contributed by atoms with Crippen molar-refractivity contribution in [1.29, 1.82) is 0 Å². The van der Waals surface area contributed by atoms with E-state index in [0.717, 1.165) is 11.0 Å². The molecule has 0 bridgehead atoms. The molecule has 1 nitrogen and oxygen atoms in total. The minimum atomic E-state index is 0.523. The fourth-order valence-corrected chi connectivity index (χ4v) is 3.00. The third-order valence-electron chi connectivity index (χ3n) is 3.71. The van der Waals surface area contributed by atoms with Gasteiger partial charge in [-0.2, -0.15) is 0 Å². The van der Waals surface area contributed by atoms with E-state index >= 15 is 0 Å². The van der Waals surface area contributed by atoms with Crippen molar-refractivity contribution >= 4 is 15.9 Å². The first-order valence-electron chi connectivity index (χ1n) is 6.53. The summed E-state index contributed by atoms with van der Waals surface area (Å²) in [5.74, 6) is 0. The maximum atomic E-state index is 3.70. The standard InChI is InChI=1S/C15H22BrN/c1-15(2)9-3-4-14(10-15)17-11-12-5-7-13(16)8-6-12/h5-8,14,17H,3-4,9-11H2,1-2H3. The molecule has 0 radical (unpaired) electrons. The maximum absolute atomic E-state index is 3.70. The van der Waals surface area contributed by atoms with Crippen LogP contribution in [0, 0.1) is 5.41 Å². The summed E-state index contributed by atoms with van der Waals surface area (Å²) < 4.78 is 1.15. The van der Waals surface area contributed by atoms with E-state index in [-0.39, 0.29) is 0 Å². The normalized spacial score (nSPS) is 23.6. The van der Waals surface area contributed by atoms with E-state index in [0.29, 0.717) is 11.5 Å². The van der Waals surface area contributed by atoms with Crippen LogP contribution in [0.4, 0.5) is 0 Å². The highest BCUT2D eigenvalue weighted by Gasteiger charge is 2.27. The van der Waals surface area contributed by atoms with Gasteiger partial charge in [0.1, 0.15) is 0 Å². The van der Waals surface area contributed by atoms with Crippen LogP contribution >= 0.6 is 15.9 Å². The van der Waals surface area contributed by atoms with Crippen LogP contribution in [0.2, 0.25) is 0 Å². The van der Waals surface area contributed by atoms with Crippen LogP contribution in [0.5, 0.6) is 0 Å². The summed E-state index contributed by atoms with van der Waals surface area (Å²) in [6.07, 6.45) is 5.39. The van der Waals surface area contributed by atoms with Gasteiger partial charge in [-0.1, -0.05) is 48.3 Å². The van der Waals surface area contributed by atoms with E-state index in [4.69, 9.17) is 0 Å². The highest BCUT2D eigenvalue weighted by Crippen LogP contribution is 2.35. The molecule has 1 aromatic carbocycles. The molecular weight excluding hydrogens is 274 g/mol. The second kappa shape index (κ2) is 5.53. The largest absolute Gasteiger partial charge is 0.310 e. The van der Waals surface area contributed by atoms with Gasteiger partial charge in [0.25, 0.3) is 0 Å². The van der Waals surface area contributed by atoms with Crippen molar-refractivity contribution < 1.29 is 0 Å². The van der Waals surface area contributed by atoms with Crippen LogP contribution in [0.15, 0.2) is 28.7 Å². The summed E-state index contributed by atoms with van der Waals surface area (Å²) in [6, 6.07) is 9.29. The van der Waals surface area contributed by atoms with Crippen molar-refractivity contribution in [2.75, 3.05) is 0 Å². The molecule has 0 heterocycles. The molecule has 94 valence electrons. The number of halogens is 1. The monoisotopic (exact) mass is 295 g/mol. The Labute approximate surface area is 113 Å². The van der Waals surface area contributed by atoms with Crippen LogP contribution in [-0.4, -0.2) is 6.04 Å². The van der Waals surface area contributed by atoms with E-state index in [9.17, 15) is 0 Å². The van der Waals surface area contributed by atoms with Crippen LogP contribution in [0.3, 0.4) is 0 Å². The summed E-state index contributed by atoms with van der Waals surface area (Å²) in [6.45, 7) is 5.77. The van der Waals surface area contributed by atoms with Crippen LogP contribution < -0.4 is 5.32 Å². The van der Waals surface area contributed by atoms with Gasteiger partial charge in [-0.15, -0.1) is 0 Å². The Morgan fingerprint density at radius 2 is 2.00 bits per heavy atom. The van der Waals surface area contributed by atoms with Crippen molar-refractivity contribution in [3.63, 3.8) is 0 Å². The fraction of sp³-hybridized carbons (Fsp3) is 0.600. The van der Waals surface area contributed by atoms with Crippen molar-refractivity contribution in [3.8, 4) is 0 Å². The van der Waals surface area contributed by atoms with Gasteiger partial charge in [-0.05, 0) is 42.4 Å². The van der Waals surface area contributed by atoms with Crippen molar-refractivity contribution in [2.45, 2.75) is 52.1 Å². The molecule has 0 aliphatic heterocycles. The quantitative estimate of drug-likeness (QED) is 0.865. The molecule has 1 aliphatic rings. The minimum Gasteiger partial charge on any atom is -0.310 e. The third-order valence-corrected chi connectivity index (χ3v) is 4.24. The average molecular weight is 296 g/mol. The number of benzene rings is 1. The Morgan fingerprint density at radius 3 is 2.65 bits per heavy atom. The Hall–Kier alpha value is -0.340. The van der Waals surface area contributed by atoms with E-state index in [1.807, 2.05) is 0 Å². The first kappa shape index (κ1) is 13.1. The topological polar surface area (TPSA) is 12.0 Å². The smallest absolute Gasteiger partial charge is 0.0208 e. The van der Waals surface area contributed by atoms with Crippen molar-refractivity contribution in [2.24, 2.45) is 5.41 Å². The maximum Gasteiger partial charge on any atom is 0.0208 e. The third kappa shape index (κ3) is 4.11. The Balaban J connectivity index is 1.84. The summed E-state index contributed by atoms with van der Waals surface area (Å²) >= 11 is 3.47. The first-order valence-corrected chi connectivity index (χ1v) is 7.32. The first-order chi connectivity index (χ1) is 8.05. The zero-order valence-corrected chi connectivity index (χ0v) is 12.4. The van der Waals surface area contributed by atoms with Gasteiger partial charge in [0.2, 0.25) is 0 Å². The predicted molar refractivity (Wildman–Crippen MR) is 77.0 cm³/mol. The van der Waals surface area contributed by atoms with Gasteiger partial charge in [0.15, 0.2) is 0 Å². The zero-order valence-electron chi connectivity index (χ0n) is 10.8. The van der Waals surface area contributed by atoms with Crippen molar-refractivity contribution in [1.82, 2.24) is 5.32 Å². The summed E-state index contributed by atoms with van der Waals surface area (Å²) in [4.78, 5) is 0. The summed E-state index contributed by atoms with van der Waals surface area (Å²) in [5.41, 5.74) is 1.90. The molecule has 0 amide bonds. The predicted octanol–water partition coefficient (Wildman–Crippen LogP) is 4.51. The SMILES string of the molecule is CC1(C)CCCC(NCc2ccc(Br)cc2)C1. The van der Waals surface area contributed by atoms with Crippen LogP contribution in [0.25, 0.3) is 0 Å². The van der Waals surface area contributed by atoms with Crippen LogP contribution in [0.1, 0.15) is 45.1 Å². The minimum absolute atomic E-state index is 0.523. The average Bonchev–Trinajstić information content (AvgIpc) is 2.27. The summed E-state index contributed by atoms with van der Waals surface area (Å²) in [5, 5.41) is 3.70. The zero-order chi connectivity index (χ0) is 12.3. The highest BCUT2D eigenvalue weighted by atomic mass is 79.9. The van der Waals surface area contributed by atoms with E-state index in [1.54, 1.807) is 0 Å². The Bertz CT molecular complexity index is 356. The number of nitrogens with one attached hydrogen (secondary N) is 1. The van der Waals surface area contributed by atoms with E-state index in [2.05, 4.69) is 59.4 Å². The second-order valence-corrected chi connectivity index (χ2v) is 6.88. The Kier molecular flexibility index (Phi) is 4.26. The molecule has 2 rings (SSSR count). The van der Waals surface area contributed by atoms with Crippen molar-refractivity contribution in [3.05, 3.63) is 34.3 Å². The molecule has 17 heavy (non-hydrogen) atoms. The summed E-state index contributed by atoms with van der Waals surface area (Å²) in [7, 11) is 0. The molecule has 1 unspecified atom stereocenters.